The lowest BCUT2D eigenvalue weighted by molar-refractivity contribution is -0.392. The Hall–Kier alpha value is -0.610. The van der Waals surface area contributed by atoms with Gasteiger partial charge in [-0.15, -0.1) is 11.6 Å². The van der Waals surface area contributed by atoms with E-state index < -0.39 is 5.97 Å². The number of aryl methyl sites for hydroxylation is 1. The molecule has 0 bridgehead atoms. The zero-order valence-corrected chi connectivity index (χ0v) is 21.4. The van der Waals surface area contributed by atoms with Crippen LogP contribution in [0.25, 0.3) is 0 Å². The first kappa shape index (κ1) is 28.4. The van der Waals surface area contributed by atoms with Gasteiger partial charge in [0.1, 0.15) is 0 Å². The first-order chi connectivity index (χ1) is 15.2. The van der Waals surface area contributed by atoms with Crippen molar-refractivity contribution in [3.63, 3.8) is 0 Å². The summed E-state index contributed by atoms with van der Waals surface area (Å²) in [5.74, 6) is -0.397. The van der Waals surface area contributed by atoms with E-state index in [1.165, 1.54) is 43.2 Å². The lowest BCUT2D eigenvalue weighted by Gasteiger charge is -2.40. The van der Waals surface area contributed by atoms with Crippen molar-refractivity contribution in [3.05, 3.63) is 35.4 Å². The average molecular weight is 455 g/mol. The maximum Gasteiger partial charge on any atom is 0.290 e. The number of alkyl halides is 1. The second kappa shape index (κ2) is 17.9. The molecule has 0 aliphatic rings. The van der Waals surface area contributed by atoms with E-state index in [2.05, 4.69) is 52.0 Å². The molecule has 1 rings (SSSR count). The molecule has 0 N–H and O–H groups in total. The van der Waals surface area contributed by atoms with Gasteiger partial charge in [-0.3, -0.25) is 0 Å². The highest BCUT2D eigenvalue weighted by Gasteiger charge is 2.44. The van der Waals surface area contributed by atoms with E-state index in [-0.39, 0.29) is 5.92 Å². The largest absolute Gasteiger partial charge is 0.327 e. The summed E-state index contributed by atoms with van der Waals surface area (Å²) in [5.41, 5.74) is 2.54. The summed E-state index contributed by atoms with van der Waals surface area (Å²) in [5, 5.41) is 0. The van der Waals surface area contributed by atoms with Crippen LogP contribution in [0.4, 0.5) is 0 Å². The molecule has 0 heterocycles. The Morgan fingerprint density at radius 1 is 0.742 bits per heavy atom. The fourth-order valence-corrected chi connectivity index (χ4v) is 4.22. The maximum absolute atomic E-state index is 6.45. The number of unbranched alkanes of at least 4 members (excludes halogenated alkanes) is 5. The maximum atomic E-state index is 6.45. The summed E-state index contributed by atoms with van der Waals surface area (Å²) in [6.07, 6.45) is 12.2. The standard InChI is InChI=1S/C27H47ClO3/c1-5-9-10-11-12-13-18-26(25-17-15-14-16-24(25)19-20-28)27(29-21-6-2,30-22-7-3)31-23-8-4/h14-17,26H,5-13,18-23H2,1-4H3. The summed E-state index contributed by atoms with van der Waals surface area (Å²) in [7, 11) is 0. The normalized spacial score (nSPS) is 12.9. The van der Waals surface area contributed by atoms with Gasteiger partial charge in [0.2, 0.25) is 0 Å². The zero-order chi connectivity index (χ0) is 22.8. The molecule has 0 saturated carbocycles. The average Bonchev–Trinajstić information content (AvgIpc) is 2.79. The van der Waals surface area contributed by atoms with E-state index in [0.717, 1.165) is 38.5 Å². The smallest absolute Gasteiger partial charge is 0.290 e. The summed E-state index contributed by atoms with van der Waals surface area (Å²) < 4.78 is 19.4. The molecule has 0 saturated heterocycles. The van der Waals surface area contributed by atoms with Gasteiger partial charge in [0, 0.05) is 5.88 Å². The van der Waals surface area contributed by atoms with Gasteiger partial charge in [0.15, 0.2) is 0 Å². The SMILES string of the molecule is CCCCCCCCC(c1ccccc1CCCl)C(OCCC)(OCCC)OCCC. The Kier molecular flexibility index (Phi) is 16.4. The van der Waals surface area contributed by atoms with E-state index in [1.807, 2.05) is 0 Å². The van der Waals surface area contributed by atoms with Crippen LogP contribution < -0.4 is 0 Å². The van der Waals surface area contributed by atoms with Crippen LogP contribution in [-0.2, 0) is 20.6 Å². The molecule has 0 radical (unpaired) electrons. The topological polar surface area (TPSA) is 27.7 Å². The fourth-order valence-electron chi connectivity index (χ4n) is 4.01. The van der Waals surface area contributed by atoms with E-state index in [0.29, 0.717) is 25.7 Å². The van der Waals surface area contributed by atoms with Gasteiger partial charge in [0.25, 0.3) is 5.97 Å². The molecule has 31 heavy (non-hydrogen) atoms. The highest BCUT2D eigenvalue weighted by Crippen LogP contribution is 2.40. The third-order valence-corrected chi connectivity index (χ3v) is 5.78. The Labute approximate surface area is 197 Å². The minimum absolute atomic E-state index is 0.0303. The molecule has 0 amide bonds. The van der Waals surface area contributed by atoms with Crippen molar-refractivity contribution in [2.75, 3.05) is 25.7 Å². The van der Waals surface area contributed by atoms with Crippen molar-refractivity contribution in [1.29, 1.82) is 0 Å². The monoisotopic (exact) mass is 454 g/mol. The van der Waals surface area contributed by atoms with Crippen molar-refractivity contribution in [2.24, 2.45) is 0 Å². The molecule has 0 aromatic heterocycles. The Morgan fingerprint density at radius 2 is 1.29 bits per heavy atom. The van der Waals surface area contributed by atoms with Gasteiger partial charge in [-0.25, -0.2) is 0 Å². The number of benzene rings is 1. The van der Waals surface area contributed by atoms with Crippen LogP contribution in [0.1, 0.15) is 109 Å². The van der Waals surface area contributed by atoms with Crippen LogP contribution >= 0.6 is 11.6 Å². The van der Waals surface area contributed by atoms with E-state index in [1.54, 1.807) is 0 Å². The van der Waals surface area contributed by atoms with Crippen molar-refractivity contribution in [1.82, 2.24) is 0 Å². The van der Waals surface area contributed by atoms with Crippen molar-refractivity contribution < 1.29 is 14.2 Å². The van der Waals surface area contributed by atoms with Crippen LogP contribution in [0.2, 0.25) is 0 Å². The summed E-state index contributed by atoms with van der Waals surface area (Å²) in [4.78, 5) is 0. The molecule has 180 valence electrons. The molecule has 0 aliphatic heterocycles. The molecular formula is C27H47ClO3. The second-order valence-electron chi connectivity index (χ2n) is 8.40. The van der Waals surface area contributed by atoms with Crippen molar-refractivity contribution >= 4 is 11.6 Å². The van der Waals surface area contributed by atoms with Gasteiger partial charge in [-0.1, -0.05) is 90.5 Å². The first-order valence-corrected chi connectivity index (χ1v) is 13.3. The molecule has 1 atom stereocenters. The van der Waals surface area contributed by atoms with Gasteiger partial charge < -0.3 is 14.2 Å². The highest BCUT2D eigenvalue weighted by molar-refractivity contribution is 6.18. The number of ether oxygens (including phenoxy) is 3. The van der Waals surface area contributed by atoms with Crippen LogP contribution in [0, 0.1) is 0 Å². The first-order valence-electron chi connectivity index (χ1n) is 12.7. The van der Waals surface area contributed by atoms with Crippen LogP contribution in [0.5, 0.6) is 0 Å². The number of hydrogen-bond donors (Lipinski definition) is 0. The second-order valence-corrected chi connectivity index (χ2v) is 8.77. The van der Waals surface area contributed by atoms with Gasteiger partial charge in [0.05, 0.1) is 25.7 Å². The molecule has 0 fully saturated rings. The molecule has 1 unspecified atom stereocenters. The number of hydrogen-bond acceptors (Lipinski definition) is 3. The molecule has 1 aromatic carbocycles. The van der Waals surface area contributed by atoms with Crippen molar-refractivity contribution in [2.45, 2.75) is 110 Å². The molecule has 4 heteroatoms. The third kappa shape index (κ3) is 10.2. The minimum Gasteiger partial charge on any atom is -0.327 e. The predicted molar refractivity (Wildman–Crippen MR) is 133 cm³/mol. The van der Waals surface area contributed by atoms with E-state index in [9.17, 15) is 0 Å². The highest BCUT2D eigenvalue weighted by atomic mass is 35.5. The summed E-state index contributed by atoms with van der Waals surface area (Å²) >= 11 is 6.16. The van der Waals surface area contributed by atoms with Crippen LogP contribution in [0.15, 0.2) is 24.3 Å². The van der Waals surface area contributed by atoms with Gasteiger partial charge >= 0.3 is 0 Å². The third-order valence-electron chi connectivity index (χ3n) is 5.59. The predicted octanol–water partition coefficient (Wildman–Crippen LogP) is 8.24. The lowest BCUT2D eigenvalue weighted by atomic mass is 9.86. The minimum atomic E-state index is -1.03. The lowest BCUT2D eigenvalue weighted by Crippen LogP contribution is -2.46. The summed E-state index contributed by atoms with van der Waals surface area (Å²) in [6.45, 7) is 10.5. The Balaban J connectivity index is 3.24. The number of rotatable bonds is 20. The zero-order valence-electron chi connectivity index (χ0n) is 20.6. The Morgan fingerprint density at radius 3 is 1.84 bits per heavy atom. The van der Waals surface area contributed by atoms with Crippen LogP contribution in [0.3, 0.4) is 0 Å². The summed E-state index contributed by atoms with van der Waals surface area (Å²) in [6, 6.07) is 8.63. The van der Waals surface area contributed by atoms with Crippen LogP contribution in [-0.4, -0.2) is 31.7 Å². The van der Waals surface area contributed by atoms with Gasteiger partial charge in [-0.2, -0.15) is 0 Å². The van der Waals surface area contributed by atoms with E-state index >= 15 is 0 Å². The van der Waals surface area contributed by atoms with Gasteiger partial charge in [-0.05, 0) is 43.2 Å². The number of halogens is 1. The quantitative estimate of drug-likeness (QED) is 0.113. The fraction of sp³-hybridized carbons (Fsp3) is 0.778. The molecular weight excluding hydrogens is 408 g/mol. The Bertz CT molecular complexity index is 527. The molecule has 1 aromatic rings. The molecule has 0 spiro atoms. The van der Waals surface area contributed by atoms with Crippen molar-refractivity contribution in [3.8, 4) is 0 Å². The molecule has 0 aliphatic carbocycles. The molecule has 3 nitrogen and oxygen atoms in total. The van der Waals surface area contributed by atoms with E-state index in [4.69, 9.17) is 25.8 Å².